The Balaban J connectivity index is 1.34. The van der Waals surface area contributed by atoms with Crippen LogP contribution in [0.2, 0.25) is 0 Å². The highest BCUT2D eigenvalue weighted by Gasteiger charge is 2.22. The van der Waals surface area contributed by atoms with Crippen molar-refractivity contribution in [3.8, 4) is 16.8 Å². The third kappa shape index (κ3) is 3.10. The summed E-state index contributed by atoms with van der Waals surface area (Å²) in [5.41, 5.74) is 9.77. The second-order valence-corrected chi connectivity index (χ2v) is 11.3. The number of para-hydroxylation sites is 3. The van der Waals surface area contributed by atoms with Gasteiger partial charge in [0.1, 0.15) is 39.2 Å². The third-order valence-corrected chi connectivity index (χ3v) is 9.14. The lowest BCUT2D eigenvalue weighted by atomic mass is 9.60. The molecule has 43 heavy (non-hydrogen) atoms. The van der Waals surface area contributed by atoms with Crippen LogP contribution in [0.1, 0.15) is 0 Å². The summed E-state index contributed by atoms with van der Waals surface area (Å²) >= 11 is 0. The van der Waals surface area contributed by atoms with Gasteiger partial charge in [0.25, 0.3) is 0 Å². The van der Waals surface area contributed by atoms with E-state index in [2.05, 4.69) is 100.0 Å². The summed E-state index contributed by atoms with van der Waals surface area (Å²) in [6, 6.07) is 36.6. The minimum Gasteiger partial charge on any atom is -0.309 e. The van der Waals surface area contributed by atoms with Crippen molar-refractivity contribution in [3.05, 3.63) is 103 Å². The maximum Gasteiger partial charge on any atom is 0.113 e. The average Bonchev–Trinajstić information content (AvgIpc) is 3.68. The fourth-order valence-corrected chi connectivity index (χ4v) is 7.20. The number of aromatic nitrogens is 2. The third-order valence-electron chi connectivity index (χ3n) is 9.14. The van der Waals surface area contributed by atoms with Crippen LogP contribution >= 0.6 is 0 Å². The van der Waals surface area contributed by atoms with Gasteiger partial charge in [0, 0.05) is 38.0 Å². The lowest BCUT2D eigenvalue weighted by Crippen LogP contribution is -2.55. The molecule has 0 saturated carbocycles. The van der Waals surface area contributed by atoms with Crippen molar-refractivity contribution in [1.29, 1.82) is 0 Å². The lowest BCUT2D eigenvalue weighted by molar-refractivity contribution is 1.18. The molecule has 0 amide bonds. The van der Waals surface area contributed by atoms with E-state index in [-0.39, 0.29) is 16.4 Å². The molecule has 0 aliphatic carbocycles. The summed E-state index contributed by atoms with van der Waals surface area (Å²) in [6.45, 7) is 0. The minimum atomic E-state index is 0.212. The van der Waals surface area contributed by atoms with Gasteiger partial charge in [-0.15, -0.1) is 16.4 Å². The smallest absolute Gasteiger partial charge is 0.113 e. The van der Waals surface area contributed by atoms with E-state index in [9.17, 15) is 0 Å². The fraction of sp³-hybridized carbons (Fsp3) is 0. The van der Waals surface area contributed by atoms with E-state index in [1.165, 1.54) is 48.9 Å². The molecule has 0 saturated heterocycles. The van der Waals surface area contributed by atoms with Crippen LogP contribution in [0, 0.1) is 0 Å². The molecule has 0 spiro atoms. The lowest BCUT2D eigenvalue weighted by Gasteiger charge is -2.21. The van der Waals surface area contributed by atoms with Crippen molar-refractivity contribution in [2.24, 2.45) is 0 Å². The monoisotopic (exact) mass is 532 g/mol. The molecule has 9 rings (SSSR count). The largest absolute Gasteiger partial charge is 0.309 e. The Hall–Kier alpha value is -4.76. The molecule has 3 aromatic heterocycles. The fourth-order valence-electron chi connectivity index (χ4n) is 7.20. The van der Waals surface area contributed by atoms with Gasteiger partial charge in [0.2, 0.25) is 0 Å². The van der Waals surface area contributed by atoms with Gasteiger partial charge in [0.15, 0.2) is 0 Å². The number of hydrogen-bond acceptors (Lipinski definition) is 0. The number of hydrogen-bond donors (Lipinski definition) is 0. The zero-order valence-corrected chi connectivity index (χ0v) is 23.1. The van der Waals surface area contributed by atoms with E-state index in [4.69, 9.17) is 39.2 Å². The first kappa shape index (κ1) is 24.8. The standard InChI is InChI=1S/C36H17B5N2/c37-31-28(32(38)34(40)35(41)33(31)39)18-12-14-19(15-13-18)42-25-11-4-2-7-22(25)29-26(42)16-17-27-30(29)23-9-5-8-21-20-6-1-3-10-24(20)43(27)36(21)23/h1-17H. The van der Waals surface area contributed by atoms with Gasteiger partial charge in [-0.2, -0.15) is 0 Å². The quantitative estimate of drug-likeness (QED) is 0.302. The van der Waals surface area contributed by atoms with E-state index in [0.29, 0.717) is 16.5 Å². The predicted molar refractivity (Wildman–Crippen MR) is 188 cm³/mol. The minimum absolute atomic E-state index is 0.212. The molecule has 10 radical (unpaired) electrons. The van der Waals surface area contributed by atoms with Crippen molar-refractivity contribution >= 4 is 126 Å². The summed E-state index contributed by atoms with van der Waals surface area (Å²) in [6.07, 6.45) is 0. The van der Waals surface area contributed by atoms with Crippen molar-refractivity contribution in [2.45, 2.75) is 0 Å². The van der Waals surface area contributed by atoms with Crippen LogP contribution in [-0.2, 0) is 0 Å². The van der Waals surface area contributed by atoms with Crippen molar-refractivity contribution < 1.29 is 0 Å². The molecule has 7 heteroatoms. The number of rotatable bonds is 2. The first-order valence-corrected chi connectivity index (χ1v) is 14.2. The number of benzene rings is 6. The number of fused-ring (bicyclic) bond motifs is 10. The second kappa shape index (κ2) is 8.64. The van der Waals surface area contributed by atoms with E-state index in [0.717, 1.165) is 22.3 Å². The predicted octanol–water partition coefficient (Wildman–Crippen LogP) is 3.57. The van der Waals surface area contributed by atoms with Crippen LogP contribution in [0.15, 0.2) is 103 Å². The molecule has 0 aliphatic heterocycles. The normalized spacial score (nSPS) is 12.2. The maximum absolute atomic E-state index is 6.36. The molecular formula is C36H17B5N2. The second-order valence-electron chi connectivity index (χ2n) is 11.3. The first-order valence-electron chi connectivity index (χ1n) is 14.2. The Bertz CT molecular complexity index is 2580. The molecule has 0 bridgehead atoms. The Morgan fingerprint density at radius 2 is 0.953 bits per heavy atom. The van der Waals surface area contributed by atoms with E-state index >= 15 is 0 Å². The molecule has 186 valence electrons. The van der Waals surface area contributed by atoms with Crippen molar-refractivity contribution in [3.63, 3.8) is 0 Å². The van der Waals surface area contributed by atoms with Crippen LogP contribution in [0.3, 0.4) is 0 Å². The van der Waals surface area contributed by atoms with Crippen molar-refractivity contribution in [1.82, 2.24) is 8.97 Å². The van der Waals surface area contributed by atoms with Crippen LogP contribution in [0.4, 0.5) is 0 Å². The Labute approximate surface area is 254 Å². The van der Waals surface area contributed by atoms with Crippen LogP contribution in [0.25, 0.3) is 76.7 Å². The molecule has 0 atom stereocenters. The molecule has 0 fully saturated rings. The highest BCUT2D eigenvalue weighted by atomic mass is 15.0. The van der Waals surface area contributed by atoms with Gasteiger partial charge in [0.05, 0.1) is 27.6 Å². The topological polar surface area (TPSA) is 9.34 Å². The van der Waals surface area contributed by atoms with E-state index < -0.39 is 0 Å². The molecule has 0 unspecified atom stereocenters. The molecule has 3 heterocycles. The zero-order chi connectivity index (χ0) is 29.1. The molecular weight excluding hydrogens is 514 g/mol. The average molecular weight is 532 g/mol. The SMILES string of the molecule is [B]c1c([B])c([B])c(-c2ccc(-n3c4ccccc4c4c5c6cccc7c8ccccc8n(c5ccc43)c76)cc2)c([B])c1[B]. The number of nitrogens with zero attached hydrogens (tertiary/aromatic N) is 2. The van der Waals surface area contributed by atoms with Crippen molar-refractivity contribution in [2.75, 3.05) is 0 Å². The maximum atomic E-state index is 6.36. The zero-order valence-electron chi connectivity index (χ0n) is 23.1. The van der Waals surface area contributed by atoms with Crippen LogP contribution in [0.5, 0.6) is 0 Å². The van der Waals surface area contributed by atoms with Gasteiger partial charge >= 0.3 is 0 Å². The van der Waals surface area contributed by atoms with Crippen LogP contribution < -0.4 is 27.3 Å². The van der Waals surface area contributed by atoms with E-state index in [1.807, 2.05) is 12.1 Å². The van der Waals surface area contributed by atoms with Gasteiger partial charge in [-0.05, 0) is 47.5 Å². The molecule has 9 aromatic rings. The molecule has 0 N–H and O–H groups in total. The van der Waals surface area contributed by atoms with Crippen LogP contribution in [-0.4, -0.2) is 48.2 Å². The molecule has 6 aromatic carbocycles. The Morgan fingerprint density at radius 1 is 0.395 bits per heavy atom. The van der Waals surface area contributed by atoms with E-state index in [1.54, 1.807) is 0 Å². The van der Waals surface area contributed by atoms with Gasteiger partial charge in [-0.3, -0.25) is 0 Å². The van der Waals surface area contributed by atoms with Gasteiger partial charge < -0.3 is 8.97 Å². The summed E-state index contributed by atoms with van der Waals surface area (Å²) < 4.78 is 4.74. The van der Waals surface area contributed by atoms with Gasteiger partial charge in [-0.25, -0.2) is 0 Å². The molecule has 2 nitrogen and oxygen atoms in total. The summed E-state index contributed by atoms with van der Waals surface area (Å²) in [5.74, 6) is 0. The first-order chi connectivity index (χ1) is 21.0. The highest BCUT2D eigenvalue weighted by molar-refractivity contribution is 6.68. The molecule has 0 aliphatic rings. The Kier molecular flexibility index (Phi) is 4.99. The summed E-state index contributed by atoms with van der Waals surface area (Å²) in [5, 5.41) is 7.53. The Morgan fingerprint density at radius 3 is 1.70 bits per heavy atom. The summed E-state index contributed by atoms with van der Waals surface area (Å²) in [4.78, 5) is 0. The van der Waals surface area contributed by atoms with Gasteiger partial charge in [-0.1, -0.05) is 77.7 Å². The highest BCUT2D eigenvalue weighted by Crippen LogP contribution is 2.44. The summed E-state index contributed by atoms with van der Waals surface area (Å²) in [7, 11) is 31.1.